The maximum atomic E-state index is 11.7. The van der Waals surface area contributed by atoms with Crippen molar-refractivity contribution in [1.29, 1.82) is 5.26 Å². The Bertz CT molecular complexity index is 941. The second-order valence-electron chi connectivity index (χ2n) is 6.09. The van der Waals surface area contributed by atoms with Crippen molar-refractivity contribution in [3.8, 4) is 34.3 Å². The lowest BCUT2D eigenvalue weighted by molar-refractivity contribution is -0.134. The number of hydrogen-bond acceptors (Lipinski definition) is 5. The van der Waals surface area contributed by atoms with Crippen LogP contribution in [0.4, 0.5) is 0 Å². The fraction of sp³-hybridized carbons (Fsp3) is 0.182. The van der Waals surface area contributed by atoms with Crippen LogP contribution in [0, 0.1) is 11.3 Å². The number of unbranched alkanes of at least 4 members (excludes halogenated alkanes) is 1. The van der Waals surface area contributed by atoms with Gasteiger partial charge in [-0.3, -0.25) is 4.79 Å². The van der Waals surface area contributed by atoms with Crippen LogP contribution in [-0.2, 0) is 4.79 Å². The van der Waals surface area contributed by atoms with Crippen LogP contribution < -0.4 is 4.74 Å². The molecule has 0 N–H and O–H groups in total. The molecule has 0 unspecified atom stereocenters. The molecule has 0 bridgehead atoms. The molecule has 0 amide bonds. The van der Waals surface area contributed by atoms with Crippen molar-refractivity contribution >= 4 is 5.97 Å². The molecular formula is C22H19N3O2. The minimum Gasteiger partial charge on any atom is -0.427 e. The molecule has 0 atom stereocenters. The summed E-state index contributed by atoms with van der Waals surface area (Å²) in [5.74, 6) is 0.930. The van der Waals surface area contributed by atoms with E-state index in [-0.39, 0.29) is 5.97 Å². The highest BCUT2D eigenvalue weighted by Crippen LogP contribution is 2.23. The van der Waals surface area contributed by atoms with Crippen LogP contribution in [0.1, 0.15) is 31.7 Å². The van der Waals surface area contributed by atoms with Gasteiger partial charge in [-0.15, -0.1) is 0 Å². The smallest absolute Gasteiger partial charge is 0.311 e. The molecule has 1 heterocycles. The zero-order valence-electron chi connectivity index (χ0n) is 15.1. The van der Waals surface area contributed by atoms with Crippen LogP contribution in [-0.4, -0.2) is 15.9 Å². The SMILES string of the molecule is CCCCC(=O)Oc1ccc(-c2cnc(-c3ccc(C#N)cc3)nc2)cc1. The van der Waals surface area contributed by atoms with E-state index < -0.39 is 0 Å². The summed E-state index contributed by atoms with van der Waals surface area (Å²) >= 11 is 0. The number of nitriles is 1. The zero-order chi connectivity index (χ0) is 19.1. The number of nitrogens with zero attached hydrogens (tertiary/aromatic N) is 3. The van der Waals surface area contributed by atoms with Crippen molar-refractivity contribution in [3.05, 3.63) is 66.5 Å². The van der Waals surface area contributed by atoms with E-state index in [1.54, 1.807) is 36.7 Å². The quantitative estimate of drug-likeness (QED) is 0.469. The molecule has 27 heavy (non-hydrogen) atoms. The number of benzene rings is 2. The lowest BCUT2D eigenvalue weighted by atomic mass is 10.1. The molecule has 0 aliphatic rings. The van der Waals surface area contributed by atoms with E-state index in [1.807, 2.05) is 31.2 Å². The van der Waals surface area contributed by atoms with E-state index >= 15 is 0 Å². The molecule has 134 valence electrons. The average molecular weight is 357 g/mol. The van der Waals surface area contributed by atoms with Crippen LogP contribution in [0.2, 0.25) is 0 Å². The summed E-state index contributed by atoms with van der Waals surface area (Å²) in [6.07, 6.45) is 5.74. The number of ether oxygens (including phenoxy) is 1. The van der Waals surface area contributed by atoms with Gasteiger partial charge in [-0.2, -0.15) is 5.26 Å². The average Bonchev–Trinajstić information content (AvgIpc) is 2.73. The normalized spacial score (nSPS) is 10.2. The van der Waals surface area contributed by atoms with Crippen molar-refractivity contribution in [2.75, 3.05) is 0 Å². The van der Waals surface area contributed by atoms with Gasteiger partial charge < -0.3 is 4.74 Å². The van der Waals surface area contributed by atoms with E-state index in [1.165, 1.54) is 0 Å². The molecule has 0 radical (unpaired) electrons. The highest BCUT2D eigenvalue weighted by molar-refractivity contribution is 5.73. The summed E-state index contributed by atoms with van der Waals surface area (Å²) in [5.41, 5.74) is 3.27. The number of rotatable bonds is 6. The van der Waals surface area contributed by atoms with E-state index in [0.717, 1.165) is 29.5 Å². The highest BCUT2D eigenvalue weighted by Gasteiger charge is 2.06. The Morgan fingerprint density at radius 2 is 1.59 bits per heavy atom. The van der Waals surface area contributed by atoms with Gasteiger partial charge in [0.15, 0.2) is 5.82 Å². The third-order valence-corrected chi connectivity index (χ3v) is 4.08. The minimum absolute atomic E-state index is 0.209. The van der Waals surface area contributed by atoms with E-state index in [2.05, 4.69) is 16.0 Å². The van der Waals surface area contributed by atoms with Crippen LogP contribution in [0.3, 0.4) is 0 Å². The summed E-state index contributed by atoms with van der Waals surface area (Å²) in [7, 11) is 0. The van der Waals surface area contributed by atoms with Crippen molar-refractivity contribution < 1.29 is 9.53 Å². The first-order valence-electron chi connectivity index (χ1n) is 8.83. The number of carbonyl (C=O) groups is 1. The number of esters is 1. The largest absolute Gasteiger partial charge is 0.427 e. The third kappa shape index (κ3) is 4.77. The Balaban J connectivity index is 1.69. The first-order chi connectivity index (χ1) is 13.2. The fourth-order valence-corrected chi connectivity index (χ4v) is 2.54. The lowest BCUT2D eigenvalue weighted by Crippen LogP contribution is -2.07. The first kappa shape index (κ1) is 18.3. The van der Waals surface area contributed by atoms with Crippen LogP contribution >= 0.6 is 0 Å². The molecular weight excluding hydrogens is 338 g/mol. The molecule has 5 nitrogen and oxygen atoms in total. The van der Waals surface area contributed by atoms with E-state index in [0.29, 0.717) is 23.6 Å². The van der Waals surface area contributed by atoms with Gasteiger partial charge in [-0.25, -0.2) is 9.97 Å². The fourth-order valence-electron chi connectivity index (χ4n) is 2.54. The second-order valence-corrected chi connectivity index (χ2v) is 6.09. The lowest BCUT2D eigenvalue weighted by Gasteiger charge is -2.06. The maximum absolute atomic E-state index is 11.7. The predicted molar refractivity (Wildman–Crippen MR) is 103 cm³/mol. The molecule has 0 spiro atoms. The molecule has 3 aromatic rings. The monoisotopic (exact) mass is 357 g/mol. The topological polar surface area (TPSA) is 75.9 Å². The van der Waals surface area contributed by atoms with E-state index in [9.17, 15) is 4.79 Å². The third-order valence-electron chi connectivity index (χ3n) is 4.08. The highest BCUT2D eigenvalue weighted by atomic mass is 16.5. The molecule has 0 saturated carbocycles. The summed E-state index contributed by atoms with van der Waals surface area (Å²) in [6, 6.07) is 16.5. The van der Waals surface area contributed by atoms with Gasteiger partial charge in [0.2, 0.25) is 0 Å². The molecule has 3 rings (SSSR count). The Morgan fingerprint density at radius 3 is 2.19 bits per heavy atom. The van der Waals surface area contributed by atoms with E-state index in [4.69, 9.17) is 10.00 Å². The molecule has 0 fully saturated rings. The van der Waals surface area contributed by atoms with Gasteiger partial charge >= 0.3 is 5.97 Å². The summed E-state index contributed by atoms with van der Waals surface area (Å²) in [4.78, 5) is 20.5. The van der Waals surface area contributed by atoms with Gasteiger partial charge in [0, 0.05) is 29.9 Å². The molecule has 0 saturated heterocycles. The Kier molecular flexibility index (Phi) is 5.91. The van der Waals surface area contributed by atoms with Crippen molar-refractivity contribution in [2.24, 2.45) is 0 Å². The molecule has 0 aliphatic heterocycles. The van der Waals surface area contributed by atoms with Crippen molar-refractivity contribution in [1.82, 2.24) is 9.97 Å². The molecule has 2 aromatic carbocycles. The minimum atomic E-state index is -0.209. The van der Waals surface area contributed by atoms with Gasteiger partial charge in [0.1, 0.15) is 5.75 Å². The predicted octanol–water partition coefficient (Wildman–Crippen LogP) is 4.78. The zero-order valence-corrected chi connectivity index (χ0v) is 15.1. The standard InChI is InChI=1S/C22H19N3O2/c1-2-3-4-21(26)27-20-11-9-17(10-12-20)19-14-24-22(25-15-19)18-7-5-16(13-23)6-8-18/h5-12,14-15H,2-4H2,1H3. The summed E-state index contributed by atoms with van der Waals surface area (Å²) < 4.78 is 5.31. The van der Waals surface area contributed by atoms with Gasteiger partial charge in [0.25, 0.3) is 0 Å². The second kappa shape index (κ2) is 8.72. The first-order valence-corrected chi connectivity index (χ1v) is 8.83. The molecule has 5 heteroatoms. The van der Waals surface area contributed by atoms with Crippen LogP contribution in [0.25, 0.3) is 22.5 Å². The molecule has 0 aliphatic carbocycles. The van der Waals surface area contributed by atoms with Gasteiger partial charge in [-0.1, -0.05) is 25.5 Å². The Morgan fingerprint density at radius 1 is 0.963 bits per heavy atom. The summed E-state index contributed by atoms with van der Waals surface area (Å²) in [6.45, 7) is 2.04. The van der Waals surface area contributed by atoms with Gasteiger partial charge in [0.05, 0.1) is 11.6 Å². The van der Waals surface area contributed by atoms with Gasteiger partial charge in [-0.05, 0) is 48.4 Å². The number of carbonyl (C=O) groups excluding carboxylic acids is 1. The molecule has 1 aromatic heterocycles. The maximum Gasteiger partial charge on any atom is 0.311 e. The number of aromatic nitrogens is 2. The van der Waals surface area contributed by atoms with Crippen molar-refractivity contribution in [2.45, 2.75) is 26.2 Å². The number of hydrogen-bond donors (Lipinski definition) is 0. The summed E-state index contributed by atoms with van der Waals surface area (Å²) in [5, 5.41) is 8.86. The van der Waals surface area contributed by atoms with Crippen LogP contribution in [0.5, 0.6) is 5.75 Å². The van der Waals surface area contributed by atoms with Crippen molar-refractivity contribution in [3.63, 3.8) is 0 Å². The Labute approximate surface area is 158 Å². The Hall–Kier alpha value is -3.52. The van der Waals surface area contributed by atoms with Crippen LogP contribution in [0.15, 0.2) is 60.9 Å².